The predicted octanol–water partition coefficient (Wildman–Crippen LogP) is 3.54. The number of thiazole rings is 1. The average molecular weight is 395 g/mol. The van der Waals surface area contributed by atoms with Crippen molar-refractivity contribution >= 4 is 39.1 Å². The fourth-order valence-corrected chi connectivity index (χ4v) is 4.00. The van der Waals surface area contributed by atoms with Crippen molar-refractivity contribution in [1.82, 2.24) is 9.88 Å². The summed E-state index contributed by atoms with van der Waals surface area (Å²) in [6, 6.07) is 14.3. The van der Waals surface area contributed by atoms with Gasteiger partial charge in [0.2, 0.25) is 11.8 Å². The van der Waals surface area contributed by atoms with Crippen molar-refractivity contribution < 1.29 is 14.3 Å². The standard InChI is InChI=1S/C21H21N3O3S/c25-19(8-9-20(26)24-10-12-27-13-11-24)23-21-22-18(14-28-21)17-7-3-5-15-4-1-2-6-16(15)17/h1-7,14H,8-13H2,(H,22,23,25). The first kappa shape index (κ1) is 18.6. The lowest BCUT2D eigenvalue weighted by atomic mass is 10.0. The van der Waals surface area contributed by atoms with Crippen LogP contribution in [0.15, 0.2) is 47.8 Å². The van der Waals surface area contributed by atoms with Crippen LogP contribution < -0.4 is 5.32 Å². The van der Waals surface area contributed by atoms with E-state index in [2.05, 4.69) is 28.5 Å². The Bertz CT molecular complexity index is 990. The van der Waals surface area contributed by atoms with Gasteiger partial charge in [0.25, 0.3) is 0 Å². The summed E-state index contributed by atoms with van der Waals surface area (Å²) in [4.78, 5) is 30.7. The first-order valence-electron chi connectivity index (χ1n) is 9.30. The van der Waals surface area contributed by atoms with Gasteiger partial charge in [-0.2, -0.15) is 0 Å². The molecule has 6 nitrogen and oxygen atoms in total. The molecule has 2 amide bonds. The molecule has 0 saturated carbocycles. The second kappa shape index (κ2) is 8.50. The van der Waals surface area contributed by atoms with Crippen molar-refractivity contribution in [2.75, 3.05) is 31.6 Å². The Morgan fingerprint density at radius 1 is 1.07 bits per heavy atom. The zero-order chi connectivity index (χ0) is 19.3. The Morgan fingerprint density at radius 2 is 1.86 bits per heavy atom. The molecule has 0 spiro atoms. The lowest BCUT2D eigenvalue weighted by molar-refractivity contribution is -0.136. The Kier molecular flexibility index (Phi) is 5.64. The van der Waals surface area contributed by atoms with Crippen molar-refractivity contribution in [3.63, 3.8) is 0 Å². The summed E-state index contributed by atoms with van der Waals surface area (Å²) in [5.74, 6) is -0.200. The summed E-state index contributed by atoms with van der Waals surface area (Å²) in [5, 5.41) is 7.58. The van der Waals surface area contributed by atoms with Gasteiger partial charge in [-0.15, -0.1) is 11.3 Å². The molecule has 28 heavy (non-hydrogen) atoms. The number of fused-ring (bicyclic) bond motifs is 1. The number of anilines is 1. The number of benzene rings is 2. The normalized spacial score (nSPS) is 14.2. The lowest BCUT2D eigenvalue weighted by Crippen LogP contribution is -2.40. The number of morpholine rings is 1. The van der Waals surface area contributed by atoms with Crippen LogP contribution in [0.3, 0.4) is 0 Å². The minimum Gasteiger partial charge on any atom is -0.378 e. The summed E-state index contributed by atoms with van der Waals surface area (Å²) < 4.78 is 5.24. The fraction of sp³-hybridized carbons (Fsp3) is 0.286. The number of nitrogens with one attached hydrogen (secondary N) is 1. The highest BCUT2D eigenvalue weighted by Gasteiger charge is 2.18. The van der Waals surface area contributed by atoms with Gasteiger partial charge in [-0.05, 0) is 10.8 Å². The number of aromatic nitrogens is 1. The van der Waals surface area contributed by atoms with Crippen LogP contribution >= 0.6 is 11.3 Å². The number of rotatable bonds is 5. The van der Waals surface area contributed by atoms with Gasteiger partial charge in [0.1, 0.15) is 0 Å². The van der Waals surface area contributed by atoms with E-state index < -0.39 is 0 Å². The number of amides is 2. The monoisotopic (exact) mass is 395 g/mol. The Balaban J connectivity index is 1.38. The van der Waals surface area contributed by atoms with Gasteiger partial charge in [0.15, 0.2) is 5.13 Å². The third-order valence-corrected chi connectivity index (χ3v) is 5.50. The van der Waals surface area contributed by atoms with Crippen LogP contribution in [0.4, 0.5) is 5.13 Å². The Morgan fingerprint density at radius 3 is 2.71 bits per heavy atom. The summed E-state index contributed by atoms with van der Waals surface area (Å²) >= 11 is 1.39. The number of hydrogen-bond acceptors (Lipinski definition) is 5. The Hall–Kier alpha value is -2.77. The predicted molar refractivity (Wildman–Crippen MR) is 110 cm³/mol. The summed E-state index contributed by atoms with van der Waals surface area (Å²) in [6.45, 7) is 2.32. The van der Waals surface area contributed by atoms with Crippen molar-refractivity contribution in [3.05, 3.63) is 47.8 Å². The Labute approximate surface area is 167 Å². The molecule has 1 fully saturated rings. The van der Waals surface area contributed by atoms with Gasteiger partial charge in [-0.25, -0.2) is 4.98 Å². The van der Waals surface area contributed by atoms with E-state index in [-0.39, 0.29) is 24.7 Å². The van der Waals surface area contributed by atoms with Crippen molar-refractivity contribution in [2.24, 2.45) is 0 Å². The third-order valence-electron chi connectivity index (χ3n) is 4.75. The molecule has 0 bridgehead atoms. The molecule has 1 aliphatic rings. The molecule has 1 aliphatic heterocycles. The lowest BCUT2D eigenvalue weighted by Gasteiger charge is -2.26. The zero-order valence-corrected chi connectivity index (χ0v) is 16.2. The molecule has 2 heterocycles. The van der Waals surface area contributed by atoms with Gasteiger partial charge in [-0.1, -0.05) is 42.5 Å². The van der Waals surface area contributed by atoms with E-state index in [0.717, 1.165) is 22.0 Å². The molecule has 0 aliphatic carbocycles. The van der Waals surface area contributed by atoms with Gasteiger partial charge in [-0.3, -0.25) is 9.59 Å². The fourth-order valence-electron chi connectivity index (χ4n) is 3.28. The molecule has 1 N–H and O–H groups in total. The maximum atomic E-state index is 12.2. The molecule has 2 aromatic carbocycles. The van der Waals surface area contributed by atoms with Crippen LogP contribution in [-0.2, 0) is 14.3 Å². The van der Waals surface area contributed by atoms with Crippen LogP contribution in [0.25, 0.3) is 22.0 Å². The first-order chi connectivity index (χ1) is 13.7. The van der Waals surface area contributed by atoms with Crippen LogP contribution in [-0.4, -0.2) is 48.0 Å². The minimum absolute atomic E-state index is 0.00552. The van der Waals surface area contributed by atoms with E-state index in [1.807, 2.05) is 29.6 Å². The van der Waals surface area contributed by atoms with Crippen LogP contribution in [0.1, 0.15) is 12.8 Å². The molecule has 7 heteroatoms. The second-order valence-electron chi connectivity index (χ2n) is 6.61. The number of carbonyl (C=O) groups is 2. The van der Waals surface area contributed by atoms with Crippen molar-refractivity contribution in [1.29, 1.82) is 0 Å². The molecule has 0 unspecified atom stereocenters. The quantitative estimate of drug-likeness (QED) is 0.717. The molecule has 1 saturated heterocycles. The van der Waals surface area contributed by atoms with E-state index in [4.69, 9.17) is 4.74 Å². The van der Waals surface area contributed by atoms with Gasteiger partial charge in [0, 0.05) is 36.9 Å². The molecule has 0 atom stereocenters. The van der Waals surface area contributed by atoms with Gasteiger partial charge >= 0.3 is 0 Å². The van der Waals surface area contributed by atoms with E-state index >= 15 is 0 Å². The van der Waals surface area contributed by atoms with Crippen molar-refractivity contribution in [2.45, 2.75) is 12.8 Å². The third kappa shape index (κ3) is 4.21. The maximum Gasteiger partial charge on any atom is 0.226 e. The zero-order valence-electron chi connectivity index (χ0n) is 15.4. The van der Waals surface area contributed by atoms with Crippen LogP contribution in [0.2, 0.25) is 0 Å². The highest BCUT2D eigenvalue weighted by Crippen LogP contribution is 2.31. The summed E-state index contributed by atoms with van der Waals surface area (Å²) in [5.41, 5.74) is 1.87. The second-order valence-corrected chi connectivity index (χ2v) is 7.46. The SMILES string of the molecule is O=C(CCC(=O)N1CCOCC1)Nc1nc(-c2cccc3ccccc23)cs1. The topological polar surface area (TPSA) is 71.5 Å². The van der Waals surface area contributed by atoms with Gasteiger partial charge < -0.3 is 15.0 Å². The molecule has 3 aromatic rings. The smallest absolute Gasteiger partial charge is 0.226 e. The summed E-state index contributed by atoms with van der Waals surface area (Å²) in [7, 11) is 0. The number of carbonyl (C=O) groups excluding carboxylic acids is 2. The first-order valence-corrected chi connectivity index (χ1v) is 10.2. The summed E-state index contributed by atoms with van der Waals surface area (Å²) in [6.07, 6.45) is 0.354. The van der Waals surface area contributed by atoms with E-state index in [9.17, 15) is 9.59 Å². The molecular weight excluding hydrogens is 374 g/mol. The number of ether oxygens (including phenoxy) is 1. The number of nitrogens with zero attached hydrogens (tertiary/aromatic N) is 2. The highest BCUT2D eigenvalue weighted by molar-refractivity contribution is 7.14. The van der Waals surface area contributed by atoms with E-state index in [1.54, 1.807) is 4.90 Å². The van der Waals surface area contributed by atoms with Crippen LogP contribution in [0.5, 0.6) is 0 Å². The largest absolute Gasteiger partial charge is 0.378 e. The van der Waals surface area contributed by atoms with E-state index in [0.29, 0.717) is 31.4 Å². The maximum absolute atomic E-state index is 12.2. The molecule has 1 aromatic heterocycles. The molecule has 0 radical (unpaired) electrons. The molecular formula is C21H21N3O3S. The minimum atomic E-state index is -0.194. The molecule has 144 valence electrons. The van der Waals surface area contributed by atoms with E-state index in [1.165, 1.54) is 11.3 Å². The van der Waals surface area contributed by atoms with Crippen LogP contribution in [0, 0.1) is 0 Å². The van der Waals surface area contributed by atoms with Crippen molar-refractivity contribution in [3.8, 4) is 11.3 Å². The molecule has 4 rings (SSSR count). The highest BCUT2D eigenvalue weighted by atomic mass is 32.1. The number of hydrogen-bond donors (Lipinski definition) is 1. The van der Waals surface area contributed by atoms with Gasteiger partial charge in [0.05, 0.1) is 18.9 Å². The average Bonchev–Trinajstić information content (AvgIpc) is 3.20.